The van der Waals surface area contributed by atoms with Gasteiger partial charge in [0.2, 0.25) is 0 Å². The normalized spacial score (nSPS) is 15.0. The van der Waals surface area contributed by atoms with E-state index in [0.717, 1.165) is 17.1 Å². The summed E-state index contributed by atoms with van der Waals surface area (Å²) in [5.41, 5.74) is 1.13. The number of nitrogens with one attached hydrogen (secondary N) is 1. The molecule has 0 aliphatic rings. The first-order valence-electron chi connectivity index (χ1n) is 8.01. The summed E-state index contributed by atoms with van der Waals surface area (Å²) in [6.45, 7) is 18.6. The molecule has 0 saturated carbocycles. The van der Waals surface area contributed by atoms with Crippen molar-refractivity contribution in [3.63, 3.8) is 0 Å². The minimum Gasteiger partial charge on any atom is -0.409 e. The van der Waals surface area contributed by atoms with E-state index >= 15 is 0 Å². The molecule has 0 amide bonds. The number of benzene rings is 1. The highest BCUT2D eigenvalue weighted by atomic mass is 35.5. The van der Waals surface area contributed by atoms with Gasteiger partial charge in [0.05, 0.1) is 6.10 Å². The third-order valence-corrected chi connectivity index (χ3v) is 9.14. The molecule has 0 heterocycles. The minimum absolute atomic E-state index is 0.0196. The number of hydrogen-bond acceptors (Lipinski definition) is 2. The van der Waals surface area contributed by atoms with Gasteiger partial charge in [-0.05, 0) is 50.5 Å². The Labute approximate surface area is 142 Å². The molecule has 1 unspecified atom stereocenters. The first kappa shape index (κ1) is 19.7. The second-order valence-electron chi connectivity index (χ2n) is 8.52. The van der Waals surface area contributed by atoms with E-state index in [1.807, 2.05) is 18.2 Å². The van der Waals surface area contributed by atoms with Crippen molar-refractivity contribution in [1.29, 1.82) is 0 Å². The molecule has 0 aliphatic heterocycles. The van der Waals surface area contributed by atoms with Crippen LogP contribution in [0.3, 0.4) is 0 Å². The number of rotatable bonds is 5. The molecule has 0 radical (unpaired) electrons. The first-order valence-corrected chi connectivity index (χ1v) is 11.3. The van der Waals surface area contributed by atoms with E-state index in [-0.39, 0.29) is 16.7 Å². The minimum atomic E-state index is -1.87. The lowest BCUT2D eigenvalue weighted by Crippen LogP contribution is -2.45. The van der Waals surface area contributed by atoms with Crippen LogP contribution in [0, 0.1) is 0 Å². The fourth-order valence-corrected chi connectivity index (χ4v) is 3.42. The molecule has 0 bridgehead atoms. The third kappa shape index (κ3) is 5.69. The van der Waals surface area contributed by atoms with Gasteiger partial charge in [-0.15, -0.1) is 0 Å². The predicted molar refractivity (Wildman–Crippen MR) is 100 cm³/mol. The van der Waals surface area contributed by atoms with E-state index in [0.29, 0.717) is 0 Å². The molecule has 0 aliphatic carbocycles. The fraction of sp³-hybridized carbons (Fsp3) is 0.667. The van der Waals surface area contributed by atoms with Crippen LogP contribution in [0.2, 0.25) is 23.2 Å². The van der Waals surface area contributed by atoms with E-state index in [9.17, 15) is 0 Å². The molecule has 2 nitrogen and oxygen atoms in total. The van der Waals surface area contributed by atoms with Crippen LogP contribution >= 0.6 is 11.6 Å². The quantitative estimate of drug-likeness (QED) is 0.684. The van der Waals surface area contributed by atoms with Gasteiger partial charge in [-0.2, -0.15) is 0 Å². The summed E-state index contributed by atoms with van der Waals surface area (Å²) in [6, 6.07) is 8.01. The summed E-state index contributed by atoms with van der Waals surface area (Å²) in [5.74, 6) is 0. The first-order chi connectivity index (χ1) is 9.83. The Morgan fingerprint density at radius 3 is 2.09 bits per heavy atom. The van der Waals surface area contributed by atoms with Gasteiger partial charge in [-0.25, -0.2) is 0 Å². The molecule has 1 aromatic rings. The average Bonchev–Trinajstić information content (AvgIpc) is 2.32. The van der Waals surface area contributed by atoms with Crippen molar-refractivity contribution in [3.05, 3.63) is 34.9 Å². The van der Waals surface area contributed by atoms with Crippen LogP contribution in [0.25, 0.3) is 0 Å². The van der Waals surface area contributed by atoms with Crippen LogP contribution < -0.4 is 5.32 Å². The molecule has 0 spiro atoms. The van der Waals surface area contributed by atoms with Crippen LogP contribution in [-0.4, -0.2) is 20.4 Å². The molecular weight excluding hydrogens is 310 g/mol. The molecule has 1 aromatic carbocycles. The van der Waals surface area contributed by atoms with Crippen molar-refractivity contribution in [1.82, 2.24) is 5.32 Å². The van der Waals surface area contributed by atoms with Crippen molar-refractivity contribution in [3.8, 4) is 0 Å². The monoisotopic (exact) mass is 341 g/mol. The third-order valence-electron chi connectivity index (χ3n) is 4.31. The standard InChI is InChI=1S/C18H32ClNOSi/c1-17(2,3)20-13-16(14-11-9-10-12-15(14)19)21-22(7,8)18(4,5)6/h9-12,16,20H,13H2,1-8H3. The van der Waals surface area contributed by atoms with Crippen molar-refractivity contribution in [2.45, 2.75) is 71.3 Å². The highest BCUT2D eigenvalue weighted by Gasteiger charge is 2.39. The highest BCUT2D eigenvalue weighted by molar-refractivity contribution is 6.74. The molecule has 0 saturated heterocycles. The molecule has 1 atom stereocenters. The van der Waals surface area contributed by atoms with Crippen LogP contribution in [0.15, 0.2) is 24.3 Å². The maximum Gasteiger partial charge on any atom is 0.192 e. The largest absolute Gasteiger partial charge is 0.409 e. The maximum atomic E-state index is 6.66. The van der Waals surface area contributed by atoms with Crippen molar-refractivity contribution in [2.24, 2.45) is 0 Å². The summed E-state index contributed by atoms with van der Waals surface area (Å²) in [4.78, 5) is 0. The second kappa shape index (κ2) is 7.04. The summed E-state index contributed by atoms with van der Waals surface area (Å²) < 4.78 is 6.66. The van der Waals surface area contributed by atoms with E-state index < -0.39 is 8.32 Å². The SMILES string of the molecule is CC(C)(C)NCC(O[Si](C)(C)C(C)(C)C)c1ccccc1Cl. The maximum absolute atomic E-state index is 6.66. The Bertz CT molecular complexity index is 489. The van der Waals surface area contributed by atoms with E-state index in [4.69, 9.17) is 16.0 Å². The van der Waals surface area contributed by atoms with Gasteiger partial charge in [-0.3, -0.25) is 0 Å². The lowest BCUT2D eigenvalue weighted by molar-refractivity contribution is 0.169. The van der Waals surface area contributed by atoms with Gasteiger partial charge in [0.25, 0.3) is 0 Å². The predicted octanol–water partition coefficient (Wildman–Crippen LogP) is 5.79. The Balaban J connectivity index is 3.05. The van der Waals surface area contributed by atoms with Crippen LogP contribution in [0.5, 0.6) is 0 Å². The average molecular weight is 342 g/mol. The lowest BCUT2D eigenvalue weighted by Gasteiger charge is -2.40. The van der Waals surface area contributed by atoms with Crippen LogP contribution in [0.4, 0.5) is 0 Å². The Kier molecular flexibility index (Phi) is 6.30. The van der Waals surface area contributed by atoms with Crippen LogP contribution in [-0.2, 0) is 4.43 Å². The second-order valence-corrected chi connectivity index (χ2v) is 13.7. The Morgan fingerprint density at radius 1 is 1.09 bits per heavy atom. The molecule has 126 valence electrons. The molecule has 0 aromatic heterocycles. The van der Waals surface area contributed by atoms with Gasteiger partial charge in [0.1, 0.15) is 0 Å². The summed E-state index contributed by atoms with van der Waals surface area (Å²) in [5, 5.41) is 4.51. The zero-order valence-corrected chi connectivity index (χ0v) is 17.1. The number of halogens is 1. The van der Waals surface area contributed by atoms with Crippen molar-refractivity contribution < 1.29 is 4.43 Å². The van der Waals surface area contributed by atoms with Gasteiger partial charge in [-0.1, -0.05) is 50.6 Å². The molecular formula is C18H32ClNOSi. The molecule has 22 heavy (non-hydrogen) atoms. The lowest BCUT2D eigenvalue weighted by atomic mass is 10.1. The molecule has 0 fully saturated rings. The summed E-state index contributed by atoms with van der Waals surface area (Å²) in [7, 11) is -1.87. The molecule has 4 heteroatoms. The van der Waals surface area contributed by atoms with E-state index in [1.54, 1.807) is 0 Å². The van der Waals surface area contributed by atoms with Crippen molar-refractivity contribution in [2.75, 3.05) is 6.54 Å². The van der Waals surface area contributed by atoms with E-state index in [2.05, 4.69) is 66.0 Å². The molecule has 1 N–H and O–H groups in total. The summed E-state index contributed by atoms with van der Waals surface area (Å²) >= 11 is 6.42. The van der Waals surface area contributed by atoms with E-state index in [1.165, 1.54) is 0 Å². The Morgan fingerprint density at radius 2 is 1.64 bits per heavy atom. The topological polar surface area (TPSA) is 21.3 Å². The smallest absolute Gasteiger partial charge is 0.192 e. The number of hydrogen-bond donors (Lipinski definition) is 1. The molecule has 1 rings (SSSR count). The van der Waals surface area contributed by atoms with Crippen LogP contribution in [0.1, 0.15) is 53.2 Å². The van der Waals surface area contributed by atoms with Gasteiger partial charge in [0, 0.05) is 17.1 Å². The van der Waals surface area contributed by atoms with Crippen molar-refractivity contribution >= 4 is 19.9 Å². The van der Waals surface area contributed by atoms with Gasteiger partial charge >= 0.3 is 0 Å². The summed E-state index contributed by atoms with van der Waals surface area (Å²) in [6.07, 6.45) is -0.0196. The van der Waals surface area contributed by atoms with Gasteiger partial charge < -0.3 is 9.74 Å². The fourth-order valence-electron chi connectivity index (χ4n) is 1.88. The van der Waals surface area contributed by atoms with Gasteiger partial charge in [0.15, 0.2) is 8.32 Å². The Hall–Kier alpha value is -0.353. The zero-order chi connectivity index (χ0) is 17.2. The highest BCUT2D eigenvalue weighted by Crippen LogP contribution is 2.40. The zero-order valence-electron chi connectivity index (χ0n) is 15.4.